The van der Waals surface area contributed by atoms with E-state index in [-0.39, 0.29) is 71.7 Å². The molecule has 85 heavy (non-hydrogen) atoms. The molecule has 26 heteroatoms. The standard InChI is InChI=1S/C59H86O26/c1-22(2)58(70)85-57-29(9)78-43(21-59(57,11)71)82-37-18-40(74-25(5)49(37)66)81-36-19-42(75-26(6)48(36)65)84-56-33(55(73-13)52(69)47(64)24(4)60)15-31-14-32-16-35(23(3)46(63)44(32)50(67)45(31)51(56)68)80-41-20-38(54(28(8)77-41)79-30(10)61)83-39-17-34(62)53(72-12)27(7)76-39/h14,16,22,24-29,33-34,36-43,47-49,53-57,60,62-67,71H,15,17-21H2,1-13H3/t24-,25-,26-,27-,28-,29+,33+,34-,36-,37-,38-,39-,40+,41+,42+,43-,47+,48-,49-,53+,54+,55+,56+,57+,59+/m1/s1. The van der Waals surface area contributed by atoms with Crippen molar-refractivity contribution in [3.05, 3.63) is 28.8 Å². The van der Waals surface area contributed by atoms with E-state index >= 15 is 4.79 Å². The van der Waals surface area contributed by atoms with Crippen molar-refractivity contribution < 1.29 is 126 Å². The van der Waals surface area contributed by atoms with Crippen LogP contribution in [0.3, 0.4) is 0 Å². The molecule has 5 heterocycles. The largest absolute Gasteiger partial charge is 0.507 e. The summed E-state index contributed by atoms with van der Waals surface area (Å²) in [6.45, 7) is 17.0. The van der Waals surface area contributed by atoms with Crippen LogP contribution in [-0.4, -0.2) is 225 Å². The van der Waals surface area contributed by atoms with Gasteiger partial charge in [0.15, 0.2) is 48.9 Å². The van der Waals surface area contributed by atoms with Crippen LogP contribution in [-0.2, 0) is 82.4 Å². The number of aliphatic hydroxyl groups is 6. The fraction of sp³-hybridized carbons (Fsp3) is 0.763. The number of carbonyl (C=O) groups is 4. The molecule has 6 aliphatic rings. The summed E-state index contributed by atoms with van der Waals surface area (Å²) in [7, 11) is 2.65. The van der Waals surface area contributed by atoms with Gasteiger partial charge in [-0.15, -0.1) is 0 Å². The van der Waals surface area contributed by atoms with Crippen LogP contribution in [0.1, 0.15) is 123 Å². The van der Waals surface area contributed by atoms with Gasteiger partial charge >= 0.3 is 11.9 Å². The number of Topliss-reactive ketones (excluding diaryl/α,β-unsaturated/α-hetero) is 2. The highest BCUT2D eigenvalue weighted by Crippen LogP contribution is 2.48. The number of aliphatic hydroxyl groups excluding tert-OH is 5. The summed E-state index contributed by atoms with van der Waals surface area (Å²) in [6, 6.07) is 3.04. The monoisotopic (exact) mass is 1210 g/mol. The summed E-state index contributed by atoms with van der Waals surface area (Å²) in [4.78, 5) is 53.9. The summed E-state index contributed by atoms with van der Waals surface area (Å²) < 4.78 is 84.7. The molecule has 0 aromatic heterocycles. The summed E-state index contributed by atoms with van der Waals surface area (Å²) in [6.07, 6.45) is -25.9. The van der Waals surface area contributed by atoms with Gasteiger partial charge in [-0.25, -0.2) is 0 Å². The first-order valence-electron chi connectivity index (χ1n) is 29.1. The van der Waals surface area contributed by atoms with Crippen molar-refractivity contribution in [3.63, 3.8) is 0 Å². The van der Waals surface area contributed by atoms with Crippen LogP contribution in [0, 0.1) is 18.8 Å². The quantitative estimate of drug-likeness (QED) is 0.0935. The second-order valence-electron chi connectivity index (χ2n) is 24.1. The van der Waals surface area contributed by atoms with Crippen LogP contribution in [0.15, 0.2) is 12.1 Å². The molecule has 26 nitrogen and oxygen atoms in total. The van der Waals surface area contributed by atoms with Crippen molar-refractivity contribution in [1.29, 1.82) is 0 Å². The highest BCUT2D eigenvalue weighted by atomic mass is 16.7. The molecular formula is C59H86O26. The molecule has 0 bridgehead atoms. The summed E-state index contributed by atoms with van der Waals surface area (Å²) >= 11 is 0. The van der Waals surface area contributed by atoms with Gasteiger partial charge in [-0.1, -0.05) is 13.8 Å². The first-order valence-corrected chi connectivity index (χ1v) is 29.1. The maximum atomic E-state index is 15.2. The predicted molar refractivity (Wildman–Crippen MR) is 292 cm³/mol. The molecule has 2 aromatic rings. The highest BCUT2D eigenvalue weighted by molar-refractivity contribution is 6.11. The van der Waals surface area contributed by atoms with Gasteiger partial charge < -0.3 is 107 Å². The number of ether oxygens (including phenoxy) is 14. The summed E-state index contributed by atoms with van der Waals surface area (Å²) in [5, 5.41) is 90.4. The Hall–Kier alpha value is -4.30. The lowest BCUT2D eigenvalue weighted by Crippen LogP contribution is -2.59. The molecule has 5 saturated heterocycles. The number of rotatable bonds is 19. The van der Waals surface area contributed by atoms with Crippen molar-refractivity contribution in [2.45, 2.75) is 262 Å². The van der Waals surface area contributed by atoms with E-state index < -0.39 is 194 Å². The van der Waals surface area contributed by atoms with E-state index in [1.807, 2.05) is 0 Å². The second kappa shape index (κ2) is 27.2. The number of hydrogen-bond donors (Lipinski definition) is 8. The lowest BCUT2D eigenvalue weighted by atomic mass is 9.75. The van der Waals surface area contributed by atoms with E-state index in [1.54, 1.807) is 41.5 Å². The number of ketones is 2. The van der Waals surface area contributed by atoms with E-state index in [1.165, 1.54) is 61.0 Å². The minimum atomic E-state index is -1.96. The molecule has 0 unspecified atom stereocenters. The SMILES string of the molecule is CO[C@@H]1[C@H](O)C[C@@H](O[C@@H]2C[C@H](Oc3cc4cc5c(c(O)c4c(O)c3C)C(=O)[C@@H](O[C@H]3C[C@@H](O[C@H]4C[C@@H](O[C@@H]6C[C@](C)(O)[C@@H](OC(=O)C(C)C)[C@H](C)O6)[C@H](O)[C@@H](C)O4)[C@H](O)[C@@H](C)O3)[C@H]([C@H](OC)C(=O)[C@@H](O)[C@@H](C)O)C5)O[C@H](C)[C@@H]2OC(C)=O)O[C@@H]1C. The topological polar surface area (TPSA) is 359 Å². The zero-order chi connectivity index (χ0) is 62.4. The third kappa shape index (κ3) is 14.4. The molecule has 0 amide bonds. The number of hydrogen-bond acceptors (Lipinski definition) is 26. The van der Waals surface area contributed by atoms with Crippen LogP contribution in [0.2, 0.25) is 0 Å². The van der Waals surface area contributed by atoms with Crippen LogP contribution < -0.4 is 4.74 Å². The van der Waals surface area contributed by atoms with Crippen molar-refractivity contribution in [2.24, 2.45) is 11.8 Å². The molecule has 5 aliphatic heterocycles. The van der Waals surface area contributed by atoms with Gasteiger partial charge in [0, 0.05) is 64.7 Å². The Morgan fingerprint density at radius 3 is 1.80 bits per heavy atom. The average Bonchev–Trinajstić information content (AvgIpc) is 1.54. The molecule has 8 rings (SSSR count). The first kappa shape index (κ1) is 66.6. The highest BCUT2D eigenvalue weighted by Gasteiger charge is 2.53. The van der Waals surface area contributed by atoms with Crippen LogP contribution >= 0.6 is 0 Å². The lowest BCUT2D eigenvalue weighted by molar-refractivity contribution is -0.334. The van der Waals surface area contributed by atoms with E-state index in [0.717, 1.165) is 0 Å². The van der Waals surface area contributed by atoms with Gasteiger partial charge in [-0.3, -0.25) is 19.2 Å². The Morgan fingerprint density at radius 1 is 0.694 bits per heavy atom. The molecule has 0 radical (unpaired) electrons. The Morgan fingerprint density at radius 2 is 1.24 bits per heavy atom. The van der Waals surface area contributed by atoms with Gasteiger partial charge in [-0.05, 0) is 84.9 Å². The minimum Gasteiger partial charge on any atom is -0.507 e. The Balaban J connectivity index is 1.03. The number of phenols is 2. The number of carbonyl (C=O) groups excluding carboxylic acids is 4. The Kier molecular flexibility index (Phi) is 21.3. The van der Waals surface area contributed by atoms with Gasteiger partial charge in [0.1, 0.15) is 65.6 Å². The fourth-order valence-corrected chi connectivity index (χ4v) is 12.5. The lowest BCUT2D eigenvalue weighted by Gasteiger charge is -2.47. The number of benzene rings is 2. The van der Waals surface area contributed by atoms with Gasteiger partial charge in [0.25, 0.3) is 0 Å². The molecule has 5 fully saturated rings. The van der Waals surface area contributed by atoms with Crippen LogP contribution in [0.4, 0.5) is 0 Å². The van der Waals surface area contributed by atoms with Gasteiger partial charge in [0.05, 0.1) is 71.8 Å². The zero-order valence-corrected chi connectivity index (χ0v) is 50.3. The number of methoxy groups -OCH3 is 2. The maximum absolute atomic E-state index is 15.2. The Labute approximate surface area is 493 Å². The van der Waals surface area contributed by atoms with Crippen molar-refractivity contribution in [3.8, 4) is 17.2 Å². The first-order chi connectivity index (χ1) is 39.9. The third-order valence-corrected chi connectivity index (χ3v) is 17.1. The Bertz CT molecular complexity index is 2670. The summed E-state index contributed by atoms with van der Waals surface area (Å²) in [5.74, 6) is -5.68. The molecule has 0 saturated carbocycles. The fourth-order valence-electron chi connectivity index (χ4n) is 12.5. The second-order valence-corrected chi connectivity index (χ2v) is 24.1. The van der Waals surface area contributed by atoms with E-state index in [2.05, 4.69) is 0 Å². The molecule has 25 atom stereocenters. The smallest absolute Gasteiger partial charge is 0.308 e. The molecule has 1 aliphatic carbocycles. The third-order valence-electron chi connectivity index (χ3n) is 17.1. The van der Waals surface area contributed by atoms with E-state index in [0.29, 0.717) is 0 Å². The number of esters is 2. The van der Waals surface area contributed by atoms with Crippen molar-refractivity contribution >= 4 is 34.3 Å². The number of aromatic hydroxyl groups is 2. The van der Waals surface area contributed by atoms with Gasteiger partial charge in [-0.2, -0.15) is 0 Å². The van der Waals surface area contributed by atoms with E-state index in [9.17, 15) is 55.2 Å². The van der Waals surface area contributed by atoms with Crippen LogP contribution in [0.5, 0.6) is 17.2 Å². The zero-order valence-electron chi connectivity index (χ0n) is 50.3. The van der Waals surface area contributed by atoms with Crippen molar-refractivity contribution in [1.82, 2.24) is 0 Å². The number of fused-ring (bicyclic) bond motifs is 2. The van der Waals surface area contributed by atoms with Crippen molar-refractivity contribution in [2.75, 3.05) is 14.2 Å². The maximum Gasteiger partial charge on any atom is 0.308 e. The normalized spacial score (nSPS) is 39.2. The molecule has 478 valence electrons. The molecule has 8 N–H and O–H groups in total. The molecule has 0 spiro atoms. The molecular weight excluding hydrogens is 1120 g/mol. The number of phenolic OH excluding ortho intramolecular Hbond substituents is 2. The molecule has 2 aromatic carbocycles. The predicted octanol–water partition coefficient (Wildman–Crippen LogP) is 2.18. The van der Waals surface area contributed by atoms with Gasteiger partial charge in [0.2, 0.25) is 6.29 Å². The minimum absolute atomic E-state index is 0.0255. The summed E-state index contributed by atoms with van der Waals surface area (Å²) in [5.41, 5.74) is -1.53. The van der Waals surface area contributed by atoms with Crippen LogP contribution in [0.25, 0.3) is 10.8 Å². The average molecular weight is 1210 g/mol. The van der Waals surface area contributed by atoms with E-state index in [4.69, 9.17) is 66.3 Å².